The van der Waals surface area contributed by atoms with Crippen LogP contribution < -0.4 is 14.8 Å². The van der Waals surface area contributed by atoms with Crippen LogP contribution in [-0.4, -0.2) is 43.2 Å². The molecule has 0 spiro atoms. The SMILES string of the molecule is CS(=O)(=O)c1nsc(NC(=O)C(C#N)=Cc2ccc(OCCOc3ccc(Cl)cc3)c(Cl)c2)n1. The highest BCUT2D eigenvalue weighted by molar-refractivity contribution is 7.90. The molecule has 1 heterocycles. The maximum atomic E-state index is 12.4. The number of rotatable bonds is 9. The summed E-state index contributed by atoms with van der Waals surface area (Å²) in [7, 11) is -3.61. The van der Waals surface area contributed by atoms with Gasteiger partial charge in [-0.15, -0.1) is 0 Å². The maximum absolute atomic E-state index is 12.4. The lowest BCUT2D eigenvalue weighted by Gasteiger charge is -2.10. The second-order valence-corrected chi connectivity index (χ2v) is 10.1. The summed E-state index contributed by atoms with van der Waals surface area (Å²) in [6.45, 7) is 0.520. The normalized spacial score (nSPS) is 11.5. The van der Waals surface area contributed by atoms with Crippen molar-refractivity contribution in [3.05, 3.63) is 63.6 Å². The number of aromatic nitrogens is 2. The molecule has 0 saturated heterocycles. The Bertz CT molecular complexity index is 1370. The van der Waals surface area contributed by atoms with Gasteiger partial charge in [-0.3, -0.25) is 10.1 Å². The number of carbonyl (C=O) groups excluding carboxylic acids is 1. The first-order valence-electron chi connectivity index (χ1n) is 9.43. The molecule has 0 unspecified atom stereocenters. The molecule has 3 rings (SSSR count). The van der Waals surface area contributed by atoms with E-state index in [-0.39, 0.29) is 28.9 Å². The number of sulfone groups is 1. The number of amides is 1. The van der Waals surface area contributed by atoms with Crippen molar-refractivity contribution >= 4 is 61.7 Å². The zero-order valence-corrected chi connectivity index (χ0v) is 20.6. The number of nitrogens with one attached hydrogen (secondary N) is 1. The molecule has 0 fully saturated rings. The molecule has 13 heteroatoms. The van der Waals surface area contributed by atoms with E-state index in [0.29, 0.717) is 33.6 Å². The molecule has 0 aliphatic rings. The number of hydrogen-bond donors (Lipinski definition) is 1. The first kappa shape index (κ1) is 25.5. The lowest BCUT2D eigenvalue weighted by molar-refractivity contribution is -0.112. The smallest absolute Gasteiger partial charge is 0.268 e. The van der Waals surface area contributed by atoms with Gasteiger partial charge >= 0.3 is 0 Å². The summed E-state index contributed by atoms with van der Waals surface area (Å²) in [5.41, 5.74) is 0.243. The van der Waals surface area contributed by atoms with Crippen molar-refractivity contribution in [2.45, 2.75) is 5.16 Å². The van der Waals surface area contributed by atoms with E-state index in [1.807, 2.05) is 0 Å². The first-order chi connectivity index (χ1) is 16.2. The van der Waals surface area contributed by atoms with Crippen LogP contribution in [0.25, 0.3) is 6.08 Å². The van der Waals surface area contributed by atoms with E-state index < -0.39 is 20.9 Å². The van der Waals surface area contributed by atoms with Gasteiger partial charge in [0, 0.05) is 22.8 Å². The molecule has 0 aliphatic heterocycles. The van der Waals surface area contributed by atoms with E-state index in [9.17, 15) is 18.5 Å². The Hall–Kier alpha value is -3.17. The van der Waals surface area contributed by atoms with Crippen molar-refractivity contribution in [3.63, 3.8) is 0 Å². The minimum absolute atomic E-state index is 0.0471. The summed E-state index contributed by atoms with van der Waals surface area (Å²) in [5, 5.41) is 12.2. The minimum Gasteiger partial charge on any atom is -0.490 e. The monoisotopic (exact) mass is 538 g/mol. The predicted molar refractivity (Wildman–Crippen MR) is 129 cm³/mol. The molecule has 2 aromatic carbocycles. The second-order valence-electron chi connectivity index (χ2n) is 6.62. The summed E-state index contributed by atoms with van der Waals surface area (Å²) in [6.07, 6.45) is 2.28. The van der Waals surface area contributed by atoms with E-state index in [2.05, 4.69) is 14.7 Å². The zero-order valence-electron chi connectivity index (χ0n) is 17.5. The van der Waals surface area contributed by atoms with Gasteiger partial charge < -0.3 is 9.47 Å². The molecule has 9 nitrogen and oxygen atoms in total. The molecular weight excluding hydrogens is 523 g/mol. The van der Waals surface area contributed by atoms with Gasteiger partial charge in [0.05, 0.1) is 5.02 Å². The molecule has 0 bridgehead atoms. The van der Waals surface area contributed by atoms with E-state index in [4.69, 9.17) is 32.7 Å². The highest BCUT2D eigenvalue weighted by Gasteiger charge is 2.17. The van der Waals surface area contributed by atoms with Crippen LogP contribution in [0.2, 0.25) is 10.0 Å². The average molecular weight is 539 g/mol. The van der Waals surface area contributed by atoms with Crippen LogP contribution in [-0.2, 0) is 14.6 Å². The van der Waals surface area contributed by atoms with Crippen LogP contribution in [0.1, 0.15) is 5.56 Å². The van der Waals surface area contributed by atoms with E-state index in [1.54, 1.807) is 42.5 Å². The van der Waals surface area contributed by atoms with Gasteiger partial charge in [-0.05, 0) is 48.0 Å². The third kappa shape index (κ3) is 7.16. The Balaban J connectivity index is 1.60. The first-order valence-corrected chi connectivity index (χ1v) is 12.9. The van der Waals surface area contributed by atoms with Crippen molar-refractivity contribution in [3.8, 4) is 17.6 Å². The van der Waals surface area contributed by atoms with Crippen LogP contribution in [0.15, 0.2) is 53.2 Å². The molecule has 1 N–H and O–H groups in total. The summed E-state index contributed by atoms with van der Waals surface area (Å²) < 4.78 is 37.7. The summed E-state index contributed by atoms with van der Waals surface area (Å²) in [6, 6.07) is 13.5. The van der Waals surface area contributed by atoms with Gasteiger partial charge in [0.15, 0.2) is 0 Å². The minimum atomic E-state index is -3.61. The molecule has 0 aliphatic carbocycles. The molecular formula is C21H16Cl2N4O5S2. The van der Waals surface area contributed by atoms with Crippen molar-refractivity contribution in [2.24, 2.45) is 0 Å². The Labute approximate surface area is 209 Å². The number of nitrogens with zero attached hydrogens (tertiary/aromatic N) is 3. The Morgan fingerprint density at radius 2 is 1.88 bits per heavy atom. The van der Waals surface area contributed by atoms with Crippen LogP contribution >= 0.6 is 34.7 Å². The molecule has 0 atom stereocenters. The molecule has 176 valence electrons. The Morgan fingerprint density at radius 1 is 1.18 bits per heavy atom. The molecule has 0 saturated carbocycles. The van der Waals surface area contributed by atoms with E-state index in [1.165, 1.54) is 12.1 Å². The molecule has 0 radical (unpaired) electrons. The number of hydrogen-bond acceptors (Lipinski definition) is 9. The lowest BCUT2D eigenvalue weighted by atomic mass is 10.1. The fourth-order valence-corrected chi connectivity index (χ4v) is 4.27. The van der Waals surface area contributed by atoms with Gasteiger partial charge in [-0.25, -0.2) is 8.42 Å². The second kappa shape index (κ2) is 11.3. The van der Waals surface area contributed by atoms with Crippen LogP contribution in [0, 0.1) is 11.3 Å². The molecule has 34 heavy (non-hydrogen) atoms. The fourth-order valence-electron chi connectivity index (χ4n) is 2.46. The number of carbonyl (C=O) groups is 1. The van der Waals surface area contributed by atoms with Crippen molar-refractivity contribution in [2.75, 3.05) is 24.8 Å². The van der Waals surface area contributed by atoms with Gasteiger partial charge in [0.25, 0.3) is 11.1 Å². The standard InChI is InChI=1S/C21H16Cl2N4O5S2/c1-34(29,30)21-26-20(33-27-21)25-19(28)14(12-24)10-13-2-7-18(17(23)11-13)32-9-8-31-16-5-3-15(22)4-6-16/h2-7,10-11H,8-9H2,1H3,(H,25,26,27,28). The van der Waals surface area contributed by atoms with Gasteiger partial charge in [0.1, 0.15) is 36.4 Å². The Morgan fingerprint density at radius 3 is 2.50 bits per heavy atom. The topological polar surface area (TPSA) is 131 Å². The van der Waals surface area contributed by atoms with Gasteiger partial charge in [-0.2, -0.15) is 14.6 Å². The highest BCUT2D eigenvalue weighted by atomic mass is 35.5. The van der Waals surface area contributed by atoms with Crippen molar-refractivity contribution < 1.29 is 22.7 Å². The zero-order chi connectivity index (χ0) is 24.7. The average Bonchev–Trinajstić information content (AvgIpc) is 3.26. The van der Waals surface area contributed by atoms with Crippen LogP contribution in [0.4, 0.5) is 5.13 Å². The number of nitriles is 1. The number of benzene rings is 2. The number of anilines is 1. The lowest BCUT2D eigenvalue weighted by Crippen LogP contribution is -2.13. The number of halogens is 2. The molecule has 3 aromatic rings. The maximum Gasteiger partial charge on any atom is 0.268 e. The third-order valence-electron chi connectivity index (χ3n) is 4.01. The van der Waals surface area contributed by atoms with Crippen LogP contribution in [0.3, 0.4) is 0 Å². The predicted octanol–water partition coefficient (Wildman–Crippen LogP) is 4.25. The summed E-state index contributed by atoms with van der Waals surface area (Å²) in [4.78, 5) is 16.1. The van der Waals surface area contributed by atoms with E-state index in [0.717, 1.165) is 6.26 Å². The Kier molecular flexibility index (Phi) is 8.46. The fraction of sp³-hybridized carbons (Fsp3) is 0.143. The quantitative estimate of drug-likeness (QED) is 0.243. The van der Waals surface area contributed by atoms with Crippen molar-refractivity contribution in [1.29, 1.82) is 5.26 Å². The summed E-state index contributed by atoms with van der Waals surface area (Å²) in [5.74, 6) is 0.293. The molecule has 1 aromatic heterocycles. The molecule has 1 amide bonds. The summed E-state index contributed by atoms with van der Waals surface area (Å²) >= 11 is 12.8. The number of ether oxygens (including phenoxy) is 2. The van der Waals surface area contributed by atoms with Crippen molar-refractivity contribution in [1.82, 2.24) is 9.36 Å². The third-order valence-corrected chi connectivity index (χ3v) is 6.15. The van der Waals surface area contributed by atoms with Crippen LogP contribution in [0.5, 0.6) is 11.5 Å². The largest absolute Gasteiger partial charge is 0.490 e. The van der Waals surface area contributed by atoms with Gasteiger partial charge in [-0.1, -0.05) is 29.3 Å². The highest BCUT2D eigenvalue weighted by Crippen LogP contribution is 2.27. The van der Waals surface area contributed by atoms with E-state index >= 15 is 0 Å². The van der Waals surface area contributed by atoms with Gasteiger partial charge in [0.2, 0.25) is 15.0 Å².